The highest BCUT2D eigenvalue weighted by molar-refractivity contribution is 7.47. The number of hydrogen-bond donors (Lipinski definition) is 3. The summed E-state index contributed by atoms with van der Waals surface area (Å²) in [5.41, 5.74) is 0. The van der Waals surface area contributed by atoms with Gasteiger partial charge in [-0.1, -0.05) is 408 Å². The van der Waals surface area contributed by atoms with E-state index >= 15 is 0 Å². The predicted molar refractivity (Wildman–Crippen MR) is 437 cm³/mol. The van der Waals surface area contributed by atoms with Gasteiger partial charge in [0.25, 0.3) is 0 Å². The van der Waals surface area contributed by atoms with E-state index in [1.807, 2.05) is 0 Å². The molecule has 0 aliphatic heterocycles. The van der Waals surface area contributed by atoms with Crippen molar-refractivity contribution in [3.8, 4) is 0 Å². The summed E-state index contributed by atoms with van der Waals surface area (Å²) >= 11 is 0. The number of phosphoric acid groups is 2. The van der Waals surface area contributed by atoms with Gasteiger partial charge in [0.15, 0.2) is 12.2 Å². The van der Waals surface area contributed by atoms with Gasteiger partial charge in [-0.15, -0.1) is 0 Å². The van der Waals surface area contributed by atoms with Gasteiger partial charge in [0, 0.05) is 25.7 Å². The molecule has 0 aromatic heterocycles. The van der Waals surface area contributed by atoms with Crippen LogP contribution in [0.15, 0.2) is 0 Å². The van der Waals surface area contributed by atoms with E-state index < -0.39 is 97.5 Å². The van der Waals surface area contributed by atoms with E-state index in [0.717, 1.165) is 108 Å². The molecule has 0 amide bonds. The lowest BCUT2D eigenvalue weighted by Crippen LogP contribution is -2.30. The highest BCUT2D eigenvalue weighted by atomic mass is 31.2. The van der Waals surface area contributed by atoms with E-state index in [0.29, 0.717) is 25.7 Å². The Bertz CT molecular complexity index is 2050. The Morgan fingerprint density at radius 3 is 0.717 bits per heavy atom. The molecule has 0 bridgehead atoms. The Balaban J connectivity index is 5.25. The molecule has 0 aliphatic rings. The zero-order valence-corrected chi connectivity index (χ0v) is 71.7. The van der Waals surface area contributed by atoms with Crippen LogP contribution >= 0.6 is 15.6 Å². The van der Waals surface area contributed by atoms with Crippen LogP contribution in [0.3, 0.4) is 0 Å². The third kappa shape index (κ3) is 77.4. The number of carbonyl (C=O) groups is 4. The minimum Gasteiger partial charge on any atom is -0.462 e. The molecule has 0 radical (unpaired) electrons. The maximum absolute atomic E-state index is 13.2. The summed E-state index contributed by atoms with van der Waals surface area (Å²) in [5, 5.41) is 10.7. The first-order chi connectivity index (χ1) is 51.3. The quantitative estimate of drug-likeness (QED) is 0.0222. The minimum atomic E-state index is -4.97. The first-order valence-corrected chi connectivity index (χ1v) is 47.9. The predicted octanol–water partition coefficient (Wildman–Crippen LogP) is 26.5. The third-order valence-electron chi connectivity index (χ3n) is 21.1. The van der Waals surface area contributed by atoms with E-state index in [4.69, 9.17) is 37.0 Å². The molecule has 0 fully saturated rings. The molecule has 0 heterocycles. The molecule has 0 saturated carbocycles. The lowest BCUT2D eigenvalue weighted by molar-refractivity contribution is -0.161. The smallest absolute Gasteiger partial charge is 0.462 e. The summed E-state index contributed by atoms with van der Waals surface area (Å²) in [6, 6.07) is 0. The van der Waals surface area contributed by atoms with Gasteiger partial charge in [0.1, 0.15) is 19.3 Å². The summed E-state index contributed by atoms with van der Waals surface area (Å²) in [6.45, 7) is 12.1. The van der Waals surface area contributed by atoms with Crippen molar-refractivity contribution in [2.45, 2.75) is 478 Å². The van der Waals surface area contributed by atoms with Crippen molar-refractivity contribution in [2.75, 3.05) is 39.6 Å². The largest absolute Gasteiger partial charge is 0.472 e. The maximum Gasteiger partial charge on any atom is 0.472 e. The van der Waals surface area contributed by atoms with E-state index in [1.165, 1.54) is 270 Å². The first-order valence-electron chi connectivity index (χ1n) is 44.9. The van der Waals surface area contributed by atoms with Crippen molar-refractivity contribution in [1.82, 2.24) is 0 Å². The van der Waals surface area contributed by atoms with Gasteiger partial charge in [0.2, 0.25) is 0 Å². The monoisotopic (exact) mass is 1550 g/mol. The molecule has 0 aliphatic carbocycles. The highest BCUT2D eigenvalue weighted by Crippen LogP contribution is 2.45. The number of phosphoric ester groups is 2. The molecule has 4 unspecified atom stereocenters. The summed E-state index contributed by atoms with van der Waals surface area (Å²) < 4.78 is 68.9. The van der Waals surface area contributed by atoms with Crippen LogP contribution in [0.1, 0.15) is 459 Å². The van der Waals surface area contributed by atoms with Crippen molar-refractivity contribution >= 4 is 39.5 Å². The van der Waals surface area contributed by atoms with Gasteiger partial charge in [-0.05, 0) is 43.4 Å². The number of unbranched alkanes of at least 4 members (excludes halogenated alkanes) is 51. The summed E-state index contributed by atoms with van der Waals surface area (Å²) in [7, 11) is -9.93. The Morgan fingerprint density at radius 2 is 0.481 bits per heavy atom. The zero-order chi connectivity index (χ0) is 77.9. The number of hydrogen-bond acceptors (Lipinski definition) is 15. The van der Waals surface area contributed by atoms with Crippen LogP contribution in [0.2, 0.25) is 0 Å². The molecular weight excluding hydrogens is 1380 g/mol. The fourth-order valence-electron chi connectivity index (χ4n) is 13.5. The molecule has 3 N–H and O–H groups in total. The minimum absolute atomic E-state index is 0.108. The molecular formula is C87H170O17P2. The number of carbonyl (C=O) groups excluding carboxylic acids is 4. The zero-order valence-electron chi connectivity index (χ0n) is 69.9. The molecule has 0 spiro atoms. The topological polar surface area (TPSA) is 237 Å². The van der Waals surface area contributed by atoms with E-state index in [-0.39, 0.29) is 25.7 Å². The van der Waals surface area contributed by atoms with Gasteiger partial charge in [-0.25, -0.2) is 9.13 Å². The van der Waals surface area contributed by atoms with Gasteiger partial charge in [-0.2, -0.15) is 0 Å². The van der Waals surface area contributed by atoms with E-state index in [1.54, 1.807) is 0 Å². The molecule has 630 valence electrons. The number of aliphatic hydroxyl groups is 1. The van der Waals surface area contributed by atoms with Gasteiger partial charge >= 0.3 is 39.5 Å². The van der Waals surface area contributed by atoms with Crippen LogP contribution < -0.4 is 0 Å². The molecule has 0 aromatic rings. The van der Waals surface area contributed by atoms with Crippen molar-refractivity contribution in [3.63, 3.8) is 0 Å². The lowest BCUT2D eigenvalue weighted by Gasteiger charge is -2.21. The number of aliphatic hydroxyl groups excluding tert-OH is 1. The van der Waals surface area contributed by atoms with Crippen LogP contribution in [0, 0.1) is 17.8 Å². The number of rotatable bonds is 85. The third-order valence-corrected chi connectivity index (χ3v) is 23.0. The Hall–Kier alpha value is -1.94. The molecule has 0 aromatic carbocycles. The SMILES string of the molecule is CCCCCCCCCCCCCCCCCC(=O)O[C@H](COC(=O)CCCCCCCCCCC(C)CC)COP(=O)(O)OC[C@H](O)COP(=O)(O)OC[C@@H](COC(=O)CCCCCCCCCCCCCCCCC(C)C)OC(=O)CCCCCCCCCCCCCCCCCCCCC(C)CC. The second kappa shape index (κ2) is 77.0. The van der Waals surface area contributed by atoms with Gasteiger partial charge in [-0.3, -0.25) is 37.3 Å². The van der Waals surface area contributed by atoms with Crippen LogP contribution in [0.4, 0.5) is 0 Å². The summed E-state index contributed by atoms with van der Waals surface area (Å²) in [6.07, 6.45) is 67.9. The highest BCUT2D eigenvalue weighted by Gasteiger charge is 2.31. The van der Waals surface area contributed by atoms with Crippen molar-refractivity contribution in [1.29, 1.82) is 0 Å². The molecule has 0 rings (SSSR count). The second-order valence-corrected chi connectivity index (χ2v) is 35.1. The van der Waals surface area contributed by atoms with Crippen molar-refractivity contribution in [3.05, 3.63) is 0 Å². The van der Waals surface area contributed by atoms with Crippen LogP contribution in [-0.2, 0) is 65.4 Å². The van der Waals surface area contributed by atoms with E-state index in [2.05, 4.69) is 48.5 Å². The Kier molecular flexibility index (Phi) is 75.6. The van der Waals surface area contributed by atoms with Gasteiger partial charge < -0.3 is 33.8 Å². The van der Waals surface area contributed by atoms with Crippen LogP contribution in [0.25, 0.3) is 0 Å². The number of ether oxygens (including phenoxy) is 4. The Labute approximate surface area is 651 Å². The summed E-state index contributed by atoms with van der Waals surface area (Å²) in [4.78, 5) is 73.3. The first kappa shape index (κ1) is 104. The molecule has 0 saturated heterocycles. The fraction of sp³-hybridized carbons (Fsp3) is 0.954. The maximum atomic E-state index is 13.2. The second-order valence-electron chi connectivity index (χ2n) is 32.2. The summed E-state index contributed by atoms with van der Waals surface area (Å²) in [5.74, 6) is 0.346. The standard InChI is InChI=1S/C87H170O17P2/c1-8-11-12-13-14-15-16-17-22-30-35-40-49-56-63-70-87(92)104-83(75-98-85(90)69-62-55-48-43-42-46-53-60-67-80(7)10-3)77-102-106(95,96)100-73-81(88)72-99-105(93,94)101-76-82(74-97-84(89)68-61-54-47-39-34-29-26-25-27-32-37-44-51-58-65-78(4)5)103-86(91)71-64-57-50-41-36-31-24-21-19-18-20-23-28-33-38-45-52-59-66-79(6)9-2/h78-83,88H,8-77H2,1-7H3,(H,93,94)(H,95,96)/t79?,80?,81-,82-,83-/m1/s1. The normalized spacial score (nSPS) is 14.4. The number of esters is 4. The van der Waals surface area contributed by atoms with Gasteiger partial charge in [0.05, 0.1) is 26.4 Å². The molecule has 106 heavy (non-hydrogen) atoms. The Morgan fingerprint density at radius 1 is 0.274 bits per heavy atom. The molecule has 17 nitrogen and oxygen atoms in total. The van der Waals surface area contributed by atoms with Crippen LogP contribution in [-0.4, -0.2) is 96.7 Å². The van der Waals surface area contributed by atoms with Crippen molar-refractivity contribution in [2.24, 2.45) is 17.8 Å². The molecule has 19 heteroatoms. The van der Waals surface area contributed by atoms with Crippen molar-refractivity contribution < 1.29 is 80.2 Å². The van der Waals surface area contributed by atoms with Crippen LogP contribution in [0.5, 0.6) is 0 Å². The lowest BCUT2D eigenvalue weighted by atomic mass is 9.99. The van der Waals surface area contributed by atoms with E-state index in [9.17, 15) is 43.2 Å². The average Bonchev–Trinajstić information content (AvgIpc) is 0.909. The average molecular weight is 1550 g/mol. The molecule has 7 atom stereocenters. The fourth-order valence-corrected chi connectivity index (χ4v) is 15.1.